The molecule has 1 unspecified atom stereocenters. The molecule has 0 spiro atoms. The third-order valence-corrected chi connectivity index (χ3v) is 5.30. The van der Waals surface area contributed by atoms with Crippen LogP contribution in [0.25, 0.3) is 0 Å². The average molecular weight is 287 g/mol. The zero-order valence-corrected chi connectivity index (χ0v) is 11.7. The smallest absolute Gasteiger partial charge is 0.151 e. The van der Waals surface area contributed by atoms with Crippen molar-refractivity contribution in [3.05, 3.63) is 29.6 Å². The van der Waals surface area contributed by atoms with Crippen LogP contribution in [0.15, 0.2) is 18.2 Å². The summed E-state index contributed by atoms with van der Waals surface area (Å²) in [4.78, 5) is 2.01. The maximum atomic E-state index is 13.0. The van der Waals surface area contributed by atoms with Gasteiger partial charge in [-0.1, -0.05) is 6.07 Å². The minimum Gasteiger partial charge on any atom is -0.508 e. The normalized spacial score (nSPS) is 21.8. The number of benzene rings is 1. The van der Waals surface area contributed by atoms with Crippen molar-refractivity contribution in [2.75, 3.05) is 24.6 Å². The first kappa shape index (κ1) is 14.3. The van der Waals surface area contributed by atoms with Gasteiger partial charge in [0.05, 0.1) is 11.5 Å². The molecule has 4 nitrogen and oxygen atoms in total. The van der Waals surface area contributed by atoms with Crippen LogP contribution >= 0.6 is 0 Å². The Morgan fingerprint density at radius 2 is 2.05 bits per heavy atom. The van der Waals surface area contributed by atoms with Crippen LogP contribution in [-0.2, 0) is 9.84 Å². The van der Waals surface area contributed by atoms with Crippen molar-refractivity contribution in [3.63, 3.8) is 0 Å². The van der Waals surface area contributed by atoms with Gasteiger partial charge in [0.15, 0.2) is 9.84 Å². The molecule has 0 amide bonds. The molecule has 1 aromatic carbocycles. The molecule has 1 N–H and O–H groups in total. The number of rotatable bonds is 2. The summed E-state index contributed by atoms with van der Waals surface area (Å²) in [6.07, 6.45) is 0.592. The summed E-state index contributed by atoms with van der Waals surface area (Å²) in [5, 5.41) is 9.78. The molecule has 1 saturated heterocycles. The van der Waals surface area contributed by atoms with Crippen molar-refractivity contribution in [3.8, 4) is 5.75 Å². The highest BCUT2D eigenvalue weighted by Crippen LogP contribution is 2.29. The lowest BCUT2D eigenvalue weighted by Crippen LogP contribution is -2.30. The first-order chi connectivity index (χ1) is 8.89. The van der Waals surface area contributed by atoms with E-state index in [1.165, 1.54) is 6.07 Å². The quantitative estimate of drug-likeness (QED) is 0.899. The summed E-state index contributed by atoms with van der Waals surface area (Å²) in [6.45, 7) is 3.00. The summed E-state index contributed by atoms with van der Waals surface area (Å²) in [6, 6.07) is 3.81. The Balaban J connectivity index is 2.17. The van der Waals surface area contributed by atoms with Crippen LogP contribution in [0.3, 0.4) is 0 Å². The van der Waals surface area contributed by atoms with E-state index in [0.717, 1.165) is 6.07 Å². The molecule has 0 aromatic heterocycles. The van der Waals surface area contributed by atoms with Crippen LogP contribution in [0.5, 0.6) is 5.75 Å². The molecule has 0 aliphatic carbocycles. The summed E-state index contributed by atoms with van der Waals surface area (Å²) in [5.74, 6) is -0.211. The van der Waals surface area contributed by atoms with E-state index in [1.807, 2.05) is 11.8 Å². The van der Waals surface area contributed by atoms with Gasteiger partial charge in [0.2, 0.25) is 0 Å². The molecule has 0 bridgehead atoms. The monoisotopic (exact) mass is 287 g/mol. The molecule has 1 aliphatic heterocycles. The number of hydrogen-bond donors (Lipinski definition) is 1. The third-order valence-electron chi connectivity index (χ3n) is 3.58. The number of aromatic hydroxyl groups is 1. The van der Waals surface area contributed by atoms with Crippen LogP contribution in [0.1, 0.15) is 24.9 Å². The number of phenolic OH excluding ortho intramolecular Hbond substituents is 1. The zero-order valence-electron chi connectivity index (χ0n) is 10.8. The molecule has 1 aliphatic rings. The van der Waals surface area contributed by atoms with E-state index in [0.29, 0.717) is 25.1 Å². The summed E-state index contributed by atoms with van der Waals surface area (Å²) < 4.78 is 36.1. The Bertz CT molecular complexity index is 559. The number of halogens is 1. The molecule has 2 rings (SSSR count). The Kier molecular flexibility index (Phi) is 4.10. The third kappa shape index (κ3) is 3.45. The van der Waals surface area contributed by atoms with Crippen LogP contribution in [0.2, 0.25) is 0 Å². The predicted octanol–water partition coefficient (Wildman–Crippen LogP) is 1.71. The van der Waals surface area contributed by atoms with Crippen LogP contribution in [0.4, 0.5) is 4.39 Å². The molecule has 6 heteroatoms. The second kappa shape index (κ2) is 5.46. The number of nitrogens with zero attached hydrogens (tertiary/aromatic N) is 1. The molecule has 1 aromatic rings. The molecule has 19 heavy (non-hydrogen) atoms. The Hall–Kier alpha value is -1.14. The second-order valence-electron chi connectivity index (χ2n) is 4.92. The van der Waals surface area contributed by atoms with Gasteiger partial charge in [0.25, 0.3) is 0 Å². The first-order valence-corrected chi connectivity index (χ1v) is 8.14. The van der Waals surface area contributed by atoms with Gasteiger partial charge in [-0.15, -0.1) is 0 Å². The second-order valence-corrected chi connectivity index (χ2v) is 7.22. The average Bonchev–Trinajstić information content (AvgIpc) is 2.49. The fourth-order valence-electron chi connectivity index (χ4n) is 2.41. The maximum absolute atomic E-state index is 13.0. The van der Waals surface area contributed by atoms with Crippen molar-refractivity contribution in [2.45, 2.75) is 19.4 Å². The minimum atomic E-state index is -2.95. The molecule has 1 heterocycles. The Morgan fingerprint density at radius 1 is 1.32 bits per heavy atom. The molecule has 0 saturated carbocycles. The van der Waals surface area contributed by atoms with Gasteiger partial charge in [0.1, 0.15) is 11.6 Å². The standard InChI is InChI=1S/C13H18FNO3S/c1-10(12-4-3-11(14)9-13(12)16)15-5-2-7-19(17,18)8-6-15/h3-4,9-10,16H,2,5-8H2,1H3. The van der Waals surface area contributed by atoms with Gasteiger partial charge < -0.3 is 5.11 Å². The van der Waals surface area contributed by atoms with E-state index in [2.05, 4.69) is 0 Å². The lowest BCUT2D eigenvalue weighted by molar-refractivity contribution is 0.223. The van der Waals surface area contributed by atoms with E-state index in [1.54, 1.807) is 6.07 Å². The van der Waals surface area contributed by atoms with Crippen LogP contribution in [0, 0.1) is 5.82 Å². The number of phenols is 1. The largest absolute Gasteiger partial charge is 0.508 e. The zero-order chi connectivity index (χ0) is 14.0. The summed E-state index contributed by atoms with van der Waals surface area (Å²) in [7, 11) is -2.95. The molecule has 106 valence electrons. The lowest BCUT2D eigenvalue weighted by Gasteiger charge is -2.27. The summed E-state index contributed by atoms with van der Waals surface area (Å²) >= 11 is 0. The molecule has 1 atom stereocenters. The van der Waals surface area contributed by atoms with Gasteiger partial charge in [-0.2, -0.15) is 0 Å². The molecule has 0 radical (unpaired) electrons. The van der Waals surface area contributed by atoms with E-state index < -0.39 is 15.7 Å². The molecular formula is C13H18FNO3S. The van der Waals surface area contributed by atoms with Crippen molar-refractivity contribution in [2.24, 2.45) is 0 Å². The van der Waals surface area contributed by atoms with Crippen molar-refractivity contribution in [1.29, 1.82) is 0 Å². The van der Waals surface area contributed by atoms with Crippen LogP contribution < -0.4 is 0 Å². The van der Waals surface area contributed by atoms with E-state index >= 15 is 0 Å². The van der Waals surface area contributed by atoms with Crippen molar-refractivity contribution >= 4 is 9.84 Å². The molecular weight excluding hydrogens is 269 g/mol. The highest BCUT2D eigenvalue weighted by molar-refractivity contribution is 7.91. The fraction of sp³-hybridized carbons (Fsp3) is 0.538. The minimum absolute atomic E-state index is 0.0837. The first-order valence-electron chi connectivity index (χ1n) is 6.32. The van der Waals surface area contributed by atoms with E-state index in [4.69, 9.17) is 0 Å². The van der Waals surface area contributed by atoms with Gasteiger partial charge in [-0.25, -0.2) is 12.8 Å². The highest BCUT2D eigenvalue weighted by Gasteiger charge is 2.24. The highest BCUT2D eigenvalue weighted by atomic mass is 32.2. The van der Waals surface area contributed by atoms with E-state index in [9.17, 15) is 17.9 Å². The van der Waals surface area contributed by atoms with Gasteiger partial charge >= 0.3 is 0 Å². The van der Waals surface area contributed by atoms with Gasteiger partial charge in [-0.05, 0) is 26.0 Å². The topological polar surface area (TPSA) is 57.6 Å². The lowest BCUT2D eigenvalue weighted by atomic mass is 10.1. The van der Waals surface area contributed by atoms with Crippen molar-refractivity contribution < 1.29 is 17.9 Å². The maximum Gasteiger partial charge on any atom is 0.151 e. The Morgan fingerprint density at radius 3 is 2.74 bits per heavy atom. The SMILES string of the molecule is CC(c1ccc(F)cc1O)N1CCCS(=O)(=O)CC1. The van der Waals surface area contributed by atoms with Gasteiger partial charge in [0, 0.05) is 24.2 Å². The number of sulfone groups is 1. The van der Waals surface area contributed by atoms with E-state index in [-0.39, 0.29) is 23.3 Å². The Labute approximate surface area is 112 Å². The molecule has 1 fully saturated rings. The number of hydrogen-bond acceptors (Lipinski definition) is 4. The van der Waals surface area contributed by atoms with Crippen LogP contribution in [-0.4, -0.2) is 43.0 Å². The predicted molar refractivity (Wildman–Crippen MR) is 71.3 cm³/mol. The fourth-order valence-corrected chi connectivity index (χ4v) is 3.70. The summed E-state index contributed by atoms with van der Waals surface area (Å²) in [5.41, 5.74) is 0.626. The van der Waals surface area contributed by atoms with Crippen molar-refractivity contribution in [1.82, 2.24) is 4.90 Å². The van der Waals surface area contributed by atoms with Gasteiger partial charge in [-0.3, -0.25) is 4.90 Å².